The first-order valence-electron chi connectivity index (χ1n) is 6.53. The lowest BCUT2D eigenvalue weighted by Gasteiger charge is -2.16. The first-order valence-corrected chi connectivity index (χ1v) is 9.50. The first-order chi connectivity index (χ1) is 10.1. The fraction of sp³-hybridized carbons (Fsp3) is 0.333. The minimum atomic E-state index is 0.0161. The molecule has 0 amide bonds. The third-order valence-corrected chi connectivity index (χ3v) is 5.69. The Bertz CT molecular complexity index is 616. The molecule has 0 spiro atoms. The molecule has 0 aliphatic heterocycles. The molecule has 1 atom stereocenters. The van der Waals surface area contributed by atoms with Gasteiger partial charge in [-0.15, -0.1) is 11.3 Å². The van der Waals surface area contributed by atoms with Crippen molar-refractivity contribution in [3.8, 4) is 11.5 Å². The second-order valence-electron chi connectivity index (χ2n) is 4.23. The molecule has 0 fully saturated rings. The maximum absolute atomic E-state index is 6.41. The van der Waals surface area contributed by atoms with Crippen molar-refractivity contribution in [2.45, 2.75) is 18.7 Å². The second-order valence-corrected chi connectivity index (χ2v) is 7.85. The topological polar surface area (TPSA) is 18.5 Å². The third-order valence-electron chi connectivity index (χ3n) is 2.82. The Morgan fingerprint density at radius 3 is 2.29 bits per heavy atom. The lowest BCUT2D eigenvalue weighted by atomic mass is 10.1. The predicted molar refractivity (Wildman–Crippen MR) is 96.6 cm³/mol. The van der Waals surface area contributed by atoms with Crippen molar-refractivity contribution in [3.63, 3.8) is 0 Å². The van der Waals surface area contributed by atoms with Gasteiger partial charge in [-0.2, -0.15) is 0 Å². The van der Waals surface area contributed by atoms with Crippen molar-refractivity contribution in [1.29, 1.82) is 0 Å². The third kappa shape index (κ3) is 4.15. The normalized spacial score (nSPS) is 12.2. The molecule has 6 heteroatoms. The molecule has 0 aliphatic rings. The van der Waals surface area contributed by atoms with E-state index in [1.165, 1.54) is 0 Å². The molecule has 1 heterocycles. The van der Waals surface area contributed by atoms with Gasteiger partial charge >= 0.3 is 0 Å². The van der Waals surface area contributed by atoms with E-state index < -0.39 is 0 Å². The molecule has 2 rings (SSSR count). The Morgan fingerprint density at radius 2 is 1.76 bits per heavy atom. The molecule has 0 aliphatic carbocycles. The van der Waals surface area contributed by atoms with Crippen molar-refractivity contribution in [3.05, 3.63) is 43.5 Å². The quantitative estimate of drug-likeness (QED) is 0.467. The fourth-order valence-corrected chi connectivity index (χ4v) is 4.33. The van der Waals surface area contributed by atoms with Crippen LogP contribution in [0.5, 0.6) is 11.5 Å². The minimum Gasteiger partial charge on any atom is -0.490 e. The van der Waals surface area contributed by atoms with E-state index >= 15 is 0 Å². The smallest absolute Gasteiger partial charge is 0.162 e. The van der Waals surface area contributed by atoms with Crippen LogP contribution in [0.1, 0.15) is 29.8 Å². The number of ether oxygens (including phenoxy) is 2. The van der Waals surface area contributed by atoms with Gasteiger partial charge in [0.1, 0.15) is 0 Å². The molecule has 0 bridgehead atoms. The largest absolute Gasteiger partial charge is 0.490 e. The molecule has 0 saturated carbocycles. The van der Waals surface area contributed by atoms with Crippen LogP contribution in [0.25, 0.3) is 0 Å². The van der Waals surface area contributed by atoms with Crippen molar-refractivity contribution >= 4 is 54.8 Å². The van der Waals surface area contributed by atoms with Crippen molar-refractivity contribution < 1.29 is 9.47 Å². The Morgan fingerprint density at radius 1 is 1.14 bits per heavy atom. The Balaban J connectivity index is 2.40. The van der Waals surface area contributed by atoms with Gasteiger partial charge in [0.2, 0.25) is 0 Å². The highest BCUT2D eigenvalue weighted by Crippen LogP contribution is 2.43. The van der Waals surface area contributed by atoms with E-state index in [2.05, 4.69) is 43.3 Å². The molecule has 2 aromatic rings. The van der Waals surface area contributed by atoms with Gasteiger partial charge < -0.3 is 9.47 Å². The molecule has 1 aromatic heterocycles. The van der Waals surface area contributed by atoms with Crippen molar-refractivity contribution in [1.82, 2.24) is 0 Å². The van der Waals surface area contributed by atoms with Gasteiger partial charge in [0.15, 0.2) is 11.5 Å². The number of benzene rings is 1. The summed E-state index contributed by atoms with van der Waals surface area (Å²) in [5.41, 5.74) is 2.12. The van der Waals surface area contributed by atoms with Gasteiger partial charge in [0.25, 0.3) is 0 Å². The van der Waals surface area contributed by atoms with E-state index in [0.717, 1.165) is 20.7 Å². The summed E-state index contributed by atoms with van der Waals surface area (Å²) in [7, 11) is 0. The molecule has 21 heavy (non-hydrogen) atoms. The van der Waals surface area contributed by atoms with E-state index in [-0.39, 0.29) is 4.83 Å². The number of rotatable bonds is 6. The molecular formula is C15H15Br2ClO2S. The summed E-state index contributed by atoms with van der Waals surface area (Å²) in [6.07, 6.45) is 0. The number of halogens is 3. The maximum Gasteiger partial charge on any atom is 0.162 e. The summed E-state index contributed by atoms with van der Waals surface area (Å²) >= 11 is 15.3. The van der Waals surface area contributed by atoms with E-state index in [0.29, 0.717) is 24.0 Å². The highest BCUT2D eigenvalue weighted by atomic mass is 79.9. The molecule has 0 radical (unpaired) electrons. The predicted octanol–water partition coefficient (Wildman–Crippen LogP) is 6.45. The summed E-state index contributed by atoms with van der Waals surface area (Å²) in [5, 5.41) is 2.75. The number of hydrogen-bond donors (Lipinski definition) is 0. The highest BCUT2D eigenvalue weighted by molar-refractivity contribution is 9.11. The fourth-order valence-electron chi connectivity index (χ4n) is 1.92. The Hall–Kier alpha value is -0.230. The van der Waals surface area contributed by atoms with Crippen LogP contribution in [0.3, 0.4) is 0 Å². The van der Waals surface area contributed by atoms with Crippen molar-refractivity contribution in [2.75, 3.05) is 13.2 Å². The number of alkyl halides is 1. The Kier molecular flexibility index (Phi) is 6.41. The van der Waals surface area contributed by atoms with Crippen LogP contribution < -0.4 is 9.47 Å². The second kappa shape index (κ2) is 7.86. The van der Waals surface area contributed by atoms with Gasteiger partial charge in [0.05, 0.1) is 21.8 Å². The van der Waals surface area contributed by atoms with E-state index in [1.807, 2.05) is 26.0 Å². The van der Waals surface area contributed by atoms with Crippen molar-refractivity contribution in [2.24, 2.45) is 0 Å². The lowest BCUT2D eigenvalue weighted by molar-refractivity contribution is 0.287. The molecular weight excluding hydrogens is 439 g/mol. The number of thiophene rings is 1. The van der Waals surface area contributed by atoms with Crippen LogP contribution in [0.2, 0.25) is 5.02 Å². The van der Waals surface area contributed by atoms with Gasteiger partial charge in [-0.25, -0.2) is 0 Å². The highest BCUT2D eigenvalue weighted by Gasteiger charge is 2.19. The summed E-state index contributed by atoms with van der Waals surface area (Å²) in [5.74, 6) is 1.40. The van der Waals surface area contributed by atoms with Gasteiger partial charge in [-0.05, 0) is 58.4 Å². The molecule has 2 nitrogen and oxygen atoms in total. The van der Waals surface area contributed by atoms with Crippen LogP contribution >= 0.6 is 54.8 Å². The van der Waals surface area contributed by atoms with Gasteiger partial charge in [-0.3, -0.25) is 0 Å². The summed E-state index contributed by atoms with van der Waals surface area (Å²) in [4.78, 5) is 0.0161. The SMILES string of the molecule is CCOc1cc(Cl)c(C(Br)c2csc(Br)c2)cc1OCC. The Labute approximate surface area is 150 Å². The summed E-state index contributed by atoms with van der Waals surface area (Å²) in [6.45, 7) is 5.04. The van der Waals surface area contributed by atoms with E-state index in [1.54, 1.807) is 11.3 Å². The average Bonchev–Trinajstić information content (AvgIpc) is 2.88. The first kappa shape index (κ1) is 17.1. The zero-order valence-electron chi connectivity index (χ0n) is 11.7. The minimum absolute atomic E-state index is 0.0161. The van der Waals surface area contributed by atoms with E-state index in [4.69, 9.17) is 21.1 Å². The summed E-state index contributed by atoms with van der Waals surface area (Å²) < 4.78 is 12.3. The van der Waals surface area contributed by atoms with Gasteiger partial charge in [0, 0.05) is 11.1 Å². The van der Waals surface area contributed by atoms with Crippen LogP contribution in [-0.4, -0.2) is 13.2 Å². The van der Waals surface area contributed by atoms with E-state index in [9.17, 15) is 0 Å². The molecule has 0 saturated heterocycles. The molecule has 1 aromatic carbocycles. The zero-order valence-corrected chi connectivity index (χ0v) is 16.4. The average molecular weight is 455 g/mol. The zero-order chi connectivity index (χ0) is 15.4. The maximum atomic E-state index is 6.41. The van der Waals surface area contributed by atoms with Gasteiger partial charge in [-0.1, -0.05) is 27.5 Å². The van der Waals surface area contributed by atoms with Crippen LogP contribution in [0.15, 0.2) is 27.4 Å². The molecule has 0 N–H and O–H groups in total. The standard InChI is InChI=1S/C15H15Br2ClO2S/c1-3-19-12-6-10(11(18)7-13(12)20-4-2)15(17)9-5-14(16)21-8-9/h5-8,15H,3-4H2,1-2H3. The number of hydrogen-bond acceptors (Lipinski definition) is 3. The van der Waals surface area contributed by atoms with Crippen LogP contribution in [0, 0.1) is 0 Å². The monoisotopic (exact) mass is 452 g/mol. The molecule has 1 unspecified atom stereocenters. The van der Waals surface area contributed by atoms with Crippen LogP contribution in [0.4, 0.5) is 0 Å². The van der Waals surface area contributed by atoms with Crippen LogP contribution in [-0.2, 0) is 0 Å². The summed E-state index contributed by atoms with van der Waals surface area (Å²) in [6, 6.07) is 5.85. The molecule has 114 valence electrons. The lowest BCUT2D eigenvalue weighted by Crippen LogP contribution is -2.01.